The van der Waals surface area contributed by atoms with Gasteiger partial charge in [-0.25, -0.2) is 8.78 Å². The van der Waals surface area contributed by atoms with Gasteiger partial charge in [-0.1, -0.05) is 19.9 Å². The number of halogens is 2. The van der Waals surface area contributed by atoms with Crippen molar-refractivity contribution in [1.82, 2.24) is 0 Å². The van der Waals surface area contributed by atoms with E-state index in [4.69, 9.17) is 5.73 Å². The van der Waals surface area contributed by atoms with Gasteiger partial charge in [-0.15, -0.1) is 0 Å². The summed E-state index contributed by atoms with van der Waals surface area (Å²) < 4.78 is 26.0. The lowest BCUT2D eigenvalue weighted by Crippen LogP contribution is -2.39. The molecule has 1 rings (SSSR count). The van der Waals surface area contributed by atoms with Gasteiger partial charge in [-0.05, 0) is 18.1 Å². The molecule has 0 aromatic heterocycles. The van der Waals surface area contributed by atoms with Gasteiger partial charge in [0.1, 0.15) is 0 Å². The largest absolute Gasteiger partial charge is 0.322 e. The Morgan fingerprint density at radius 3 is 2.56 bits per heavy atom. The first-order valence-electron chi connectivity index (χ1n) is 4.94. The van der Waals surface area contributed by atoms with Gasteiger partial charge in [0.15, 0.2) is 11.6 Å². The van der Waals surface area contributed by atoms with Crippen molar-refractivity contribution >= 4 is 11.6 Å². The molecule has 3 N–H and O–H groups in total. The second-order valence-corrected chi connectivity index (χ2v) is 3.86. The molecular formula is C11H14F2N2O. The van der Waals surface area contributed by atoms with Crippen molar-refractivity contribution in [2.75, 3.05) is 5.32 Å². The van der Waals surface area contributed by atoms with E-state index in [9.17, 15) is 13.6 Å². The maximum atomic E-state index is 13.2. The molecule has 0 saturated heterocycles. The fourth-order valence-electron chi connectivity index (χ4n) is 1.12. The van der Waals surface area contributed by atoms with Crippen LogP contribution in [0.3, 0.4) is 0 Å². The summed E-state index contributed by atoms with van der Waals surface area (Å²) in [4.78, 5) is 11.5. The van der Waals surface area contributed by atoms with Crippen LogP contribution in [0.2, 0.25) is 0 Å². The van der Waals surface area contributed by atoms with Crippen LogP contribution >= 0.6 is 0 Å². The second-order valence-electron chi connectivity index (χ2n) is 3.86. The third-order valence-corrected chi connectivity index (χ3v) is 2.23. The van der Waals surface area contributed by atoms with Gasteiger partial charge in [-0.2, -0.15) is 0 Å². The summed E-state index contributed by atoms with van der Waals surface area (Å²) in [6, 6.07) is 2.83. The van der Waals surface area contributed by atoms with E-state index >= 15 is 0 Å². The molecule has 0 heterocycles. The molecule has 0 radical (unpaired) electrons. The highest BCUT2D eigenvalue weighted by molar-refractivity contribution is 5.94. The van der Waals surface area contributed by atoms with Gasteiger partial charge in [0.2, 0.25) is 5.91 Å². The zero-order valence-electron chi connectivity index (χ0n) is 9.13. The van der Waals surface area contributed by atoms with Crippen molar-refractivity contribution in [2.45, 2.75) is 19.9 Å². The normalized spacial score (nSPS) is 12.6. The lowest BCUT2D eigenvalue weighted by Gasteiger charge is -2.15. The molecule has 1 atom stereocenters. The van der Waals surface area contributed by atoms with Crippen LogP contribution in [0.15, 0.2) is 18.2 Å². The highest BCUT2D eigenvalue weighted by Crippen LogP contribution is 2.17. The van der Waals surface area contributed by atoms with Crippen LogP contribution in [0.25, 0.3) is 0 Å². The average Bonchev–Trinajstić information content (AvgIpc) is 2.23. The molecule has 0 aliphatic rings. The van der Waals surface area contributed by atoms with Crippen LogP contribution in [0, 0.1) is 17.6 Å². The minimum atomic E-state index is -1.08. The molecule has 88 valence electrons. The molecule has 0 bridgehead atoms. The molecule has 1 aromatic rings. The highest BCUT2D eigenvalue weighted by Gasteiger charge is 2.19. The Balaban J connectivity index is 2.81. The molecule has 1 unspecified atom stereocenters. The molecule has 0 aliphatic heterocycles. The Morgan fingerprint density at radius 1 is 1.38 bits per heavy atom. The number of amides is 1. The standard InChI is InChI=1S/C11H14F2N2O/c1-6(2)10(14)11(16)15-8-5-3-4-7(12)9(8)13/h3-6,10H,14H2,1-2H3,(H,15,16). The van der Waals surface area contributed by atoms with E-state index in [0.29, 0.717) is 0 Å². The number of hydrogen-bond acceptors (Lipinski definition) is 2. The van der Waals surface area contributed by atoms with Crippen molar-refractivity contribution in [3.8, 4) is 0 Å². The van der Waals surface area contributed by atoms with Gasteiger partial charge in [-0.3, -0.25) is 4.79 Å². The van der Waals surface area contributed by atoms with Crippen LogP contribution in [0.1, 0.15) is 13.8 Å². The maximum absolute atomic E-state index is 13.2. The Kier molecular flexibility index (Phi) is 3.95. The number of hydrogen-bond donors (Lipinski definition) is 2. The minimum absolute atomic E-state index is 0.0726. The van der Waals surface area contributed by atoms with Crippen LogP contribution in [0.4, 0.5) is 14.5 Å². The third-order valence-electron chi connectivity index (χ3n) is 2.23. The fourth-order valence-corrected chi connectivity index (χ4v) is 1.12. The number of carbonyl (C=O) groups excluding carboxylic acids is 1. The van der Waals surface area contributed by atoms with E-state index in [-0.39, 0.29) is 11.6 Å². The van der Waals surface area contributed by atoms with Crippen molar-refractivity contribution in [3.63, 3.8) is 0 Å². The lowest BCUT2D eigenvalue weighted by atomic mass is 10.0. The Bertz CT molecular complexity index is 394. The van der Waals surface area contributed by atoms with Crippen LogP contribution in [-0.2, 0) is 4.79 Å². The van der Waals surface area contributed by atoms with Crippen LogP contribution < -0.4 is 11.1 Å². The summed E-state index contributed by atoms with van der Waals surface area (Å²) in [5.41, 5.74) is 5.37. The van der Waals surface area contributed by atoms with E-state index in [1.54, 1.807) is 13.8 Å². The number of nitrogens with two attached hydrogens (primary N) is 1. The van der Waals surface area contributed by atoms with Crippen molar-refractivity contribution in [2.24, 2.45) is 11.7 Å². The zero-order chi connectivity index (χ0) is 12.3. The molecule has 0 saturated carbocycles. The third kappa shape index (κ3) is 2.76. The predicted octanol–water partition coefficient (Wildman–Crippen LogP) is 1.89. The summed E-state index contributed by atoms with van der Waals surface area (Å²) in [5.74, 6) is -2.68. The summed E-state index contributed by atoms with van der Waals surface area (Å²) in [5, 5.41) is 2.25. The molecule has 0 fully saturated rings. The molecule has 0 spiro atoms. The molecular weight excluding hydrogens is 214 g/mol. The smallest absolute Gasteiger partial charge is 0.241 e. The second kappa shape index (κ2) is 5.03. The summed E-state index contributed by atoms with van der Waals surface area (Å²) in [6.45, 7) is 3.54. The quantitative estimate of drug-likeness (QED) is 0.830. The SMILES string of the molecule is CC(C)C(N)C(=O)Nc1cccc(F)c1F. The fraction of sp³-hybridized carbons (Fsp3) is 0.364. The topological polar surface area (TPSA) is 55.1 Å². The number of anilines is 1. The number of rotatable bonds is 3. The van der Waals surface area contributed by atoms with Gasteiger partial charge < -0.3 is 11.1 Å². The zero-order valence-corrected chi connectivity index (χ0v) is 9.13. The van der Waals surface area contributed by atoms with Gasteiger partial charge >= 0.3 is 0 Å². The summed E-state index contributed by atoms with van der Waals surface area (Å²) in [6.07, 6.45) is 0. The van der Waals surface area contributed by atoms with E-state index in [0.717, 1.165) is 6.07 Å². The Hall–Kier alpha value is -1.49. The van der Waals surface area contributed by atoms with Crippen molar-refractivity contribution in [1.29, 1.82) is 0 Å². The van der Waals surface area contributed by atoms with E-state index in [1.807, 2.05) is 0 Å². The number of benzene rings is 1. The highest BCUT2D eigenvalue weighted by atomic mass is 19.2. The molecule has 0 aliphatic carbocycles. The molecule has 3 nitrogen and oxygen atoms in total. The van der Waals surface area contributed by atoms with E-state index in [1.165, 1.54) is 12.1 Å². The monoisotopic (exact) mass is 228 g/mol. The summed E-state index contributed by atoms with van der Waals surface area (Å²) >= 11 is 0. The molecule has 1 amide bonds. The lowest BCUT2D eigenvalue weighted by molar-refractivity contribution is -0.118. The van der Waals surface area contributed by atoms with Gasteiger partial charge in [0.05, 0.1) is 11.7 Å². The number of carbonyl (C=O) groups is 1. The summed E-state index contributed by atoms with van der Waals surface area (Å²) in [7, 11) is 0. The molecule has 1 aromatic carbocycles. The van der Waals surface area contributed by atoms with E-state index < -0.39 is 23.6 Å². The Morgan fingerprint density at radius 2 is 2.00 bits per heavy atom. The van der Waals surface area contributed by atoms with Gasteiger partial charge in [0.25, 0.3) is 0 Å². The average molecular weight is 228 g/mol. The van der Waals surface area contributed by atoms with Gasteiger partial charge in [0, 0.05) is 0 Å². The first-order valence-corrected chi connectivity index (χ1v) is 4.94. The Labute approximate surface area is 92.6 Å². The van der Waals surface area contributed by atoms with Crippen LogP contribution in [-0.4, -0.2) is 11.9 Å². The number of nitrogens with one attached hydrogen (secondary N) is 1. The van der Waals surface area contributed by atoms with Crippen molar-refractivity contribution < 1.29 is 13.6 Å². The van der Waals surface area contributed by atoms with Crippen molar-refractivity contribution in [3.05, 3.63) is 29.8 Å². The first kappa shape index (κ1) is 12.6. The minimum Gasteiger partial charge on any atom is -0.322 e. The molecule has 5 heteroatoms. The van der Waals surface area contributed by atoms with Crippen LogP contribution in [0.5, 0.6) is 0 Å². The van der Waals surface area contributed by atoms with E-state index in [2.05, 4.69) is 5.32 Å². The molecule has 16 heavy (non-hydrogen) atoms. The first-order chi connectivity index (χ1) is 7.43. The maximum Gasteiger partial charge on any atom is 0.241 e. The predicted molar refractivity (Wildman–Crippen MR) is 57.8 cm³/mol.